The van der Waals surface area contributed by atoms with Crippen LogP contribution in [0.1, 0.15) is 64.7 Å². The number of ketones is 1. The molecular weight excluding hydrogens is 899 g/mol. The van der Waals surface area contributed by atoms with Gasteiger partial charge in [0.25, 0.3) is 0 Å². The first kappa shape index (κ1) is 54.3. The molecular formula is C52H68Cl2N2O11. The fourth-order valence-electron chi connectivity index (χ4n) is 9.83. The van der Waals surface area contributed by atoms with Crippen LogP contribution in [0.2, 0.25) is 0 Å². The van der Waals surface area contributed by atoms with Gasteiger partial charge in [0.05, 0.1) is 104 Å². The standard InChI is InChI=1S/C52H68N2O11.2ClH/c1-53(24-20-37-31-48(61-7)50(63-9)33-40(37)42(53)27-35-14-17-44(57-3)46(29-35)59-5)22-11-13-39(55)16-19-52(56)65-26-12-23-54(2)25-21-38-32-49(62-8)51(64-10)34-41(38)43(54)28-36-15-18-45(58-4)47(30-36)60-6;;/h14-19,29-34,42-43H,11-13,20-28H2,1-10H3;2*1H/q+2;;/p-2/b19-16-;;. The number of hydrogen-bond donors (Lipinski definition) is 0. The Morgan fingerprint density at radius 3 is 1.33 bits per heavy atom. The van der Waals surface area contributed by atoms with Gasteiger partial charge in [0, 0.05) is 62.1 Å². The lowest BCUT2D eigenvalue weighted by Crippen LogP contribution is -3.00. The van der Waals surface area contributed by atoms with Gasteiger partial charge in [-0.3, -0.25) is 4.79 Å². The zero-order valence-electron chi connectivity index (χ0n) is 40.7. The Morgan fingerprint density at radius 2 is 0.910 bits per heavy atom. The summed E-state index contributed by atoms with van der Waals surface area (Å²) in [6, 6.07) is 20.7. The Labute approximate surface area is 409 Å². The molecule has 15 heteroatoms. The summed E-state index contributed by atoms with van der Waals surface area (Å²) in [5, 5.41) is 0. The van der Waals surface area contributed by atoms with E-state index >= 15 is 0 Å². The first-order valence-electron chi connectivity index (χ1n) is 22.3. The number of carbonyl (C=O) groups is 2. The van der Waals surface area contributed by atoms with Gasteiger partial charge >= 0.3 is 5.97 Å². The van der Waals surface area contributed by atoms with Crippen molar-refractivity contribution in [3.63, 3.8) is 0 Å². The molecule has 0 radical (unpaired) electrons. The summed E-state index contributed by atoms with van der Waals surface area (Å²) < 4.78 is 52.2. The van der Waals surface area contributed by atoms with Gasteiger partial charge < -0.3 is 76.4 Å². The van der Waals surface area contributed by atoms with Crippen LogP contribution in [0.3, 0.4) is 0 Å². The first-order valence-corrected chi connectivity index (χ1v) is 22.3. The van der Waals surface area contributed by atoms with Gasteiger partial charge in [0.1, 0.15) is 12.1 Å². The van der Waals surface area contributed by atoms with Gasteiger partial charge in [0.15, 0.2) is 51.8 Å². The predicted molar refractivity (Wildman–Crippen MR) is 249 cm³/mol. The number of fused-ring (bicyclic) bond motifs is 2. The van der Waals surface area contributed by atoms with Gasteiger partial charge in [0.2, 0.25) is 0 Å². The molecule has 0 saturated carbocycles. The van der Waals surface area contributed by atoms with Gasteiger partial charge in [-0.15, -0.1) is 0 Å². The van der Waals surface area contributed by atoms with Crippen molar-refractivity contribution in [2.45, 2.75) is 57.0 Å². The van der Waals surface area contributed by atoms with Crippen LogP contribution in [0.15, 0.2) is 72.8 Å². The zero-order valence-corrected chi connectivity index (χ0v) is 42.2. The second-order valence-electron chi connectivity index (χ2n) is 17.4. The zero-order chi connectivity index (χ0) is 46.7. The third-order valence-corrected chi connectivity index (χ3v) is 13.6. The average molecular weight is 968 g/mol. The van der Waals surface area contributed by atoms with E-state index in [1.54, 1.807) is 56.9 Å². The Hall–Kier alpha value is -5.34. The number of hydrogen-bond acceptors (Lipinski definition) is 11. The van der Waals surface area contributed by atoms with Crippen molar-refractivity contribution < 1.29 is 86.0 Å². The highest BCUT2D eigenvalue weighted by Gasteiger charge is 2.41. The molecule has 13 nitrogen and oxygen atoms in total. The number of carbonyl (C=O) groups excluding carboxylic acids is 2. The lowest BCUT2D eigenvalue weighted by Gasteiger charge is -2.46. The molecule has 0 N–H and O–H groups in total. The maximum absolute atomic E-state index is 13.2. The smallest absolute Gasteiger partial charge is 0.330 e. The molecule has 366 valence electrons. The minimum Gasteiger partial charge on any atom is -1.00 e. The van der Waals surface area contributed by atoms with Crippen molar-refractivity contribution in [2.24, 2.45) is 0 Å². The Balaban J connectivity index is 0.00000490. The van der Waals surface area contributed by atoms with E-state index in [0.29, 0.717) is 65.3 Å². The molecule has 0 fully saturated rings. The van der Waals surface area contributed by atoms with Gasteiger partial charge in [-0.1, -0.05) is 12.1 Å². The number of allylic oxidation sites excluding steroid dienone is 1. The molecule has 2 aliphatic heterocycles. The van der Waals surface area contributed by atoms with Crippen LogP contribution in [0, 0.1) is 0 Å². The highest BCUT2D eigenvalue weighted by Crippen LogP contribution is 2.45. The average Bonchev–Trinajstić information content (AvgIpc) is 3.33. The number of quaternary nitrogens is 2. The summed E-state index contributed by atoms with van der Waals surface area (Å²) in [5.74, 6) is 4.91. The fraction of sp³-hybridized carbons (Fsp3) is 0.462. The molecule has 0 aliphatic carbocycles. The molecule has 4 unspecified atom stereocenters. The van der Waals surface area contributed by atoms with E-state index in [1.807, 2.05) is 24.3 Å². The molecule has 0 amide bonds. The number of likely N-dealkylation sites (N-methyl/N-ethyl adjacent to an activating group) is 2. The van der Waals surface area contributed by atoms with E-state index in [1.165, 1.54) is 34.4 Å². The van der Waals surface area contributed by atoms with Crippen LogP contribution in [0.5, 0.6) is 46.0 Å². The van der Waals surface area contributed by atoms with Crippen LogP contribution in [0.4, 0.5) is 0 Å². The Morgan fingerprint density at radius 1 is 0.522 bits per heavy atom. The summed E-state index contributed by atoms with van der Waals surface area (Å²) >= 11 is 0. The molecule has 0 spiro atoms. The van der Waals surface area contributed by atoms with Gasteiger partial charge in [-0.2, -0.15) is 0 Å². The second kappa shape index (κ2) is 24.6. The summed E-state index contributed by atoms with van der Waals surface area (Å²) in [7, 11) is 17.7. The van der Waals surface area contributed by atoms with E-state index in [0.717, 1.165) is 72.0 Å². The van der Waals surface area contributed by atoms with Crippen LogP contribution < -0.4 is 62.7 Å². The molecule has 2 aliphatic rings. The van der Waals surface area contributed by atoms with E-state index < -0.39 is 5.97 Å². The van der Waals surface area contributed by atoms with Crippen molar-refractivity contribution in [1.82, 2.24) is 0 Å². The lowest BCUT2D eigenvalue weighted by molar-refractivity contribution is -0.941. The normalized spacial score (nSPS) is 19.4. The number of rotatable bonds is 22. The maximum atomic E-state index is 13.2. The molecule has 2 heterocycles. The highest BCUT2D eigenvalue weighted by atomic mass is 35.5. The molecule has 4 aromatic carbocycles. The van der Waals surface area contributed by atoms with Crippen molar-refractivity contribution in [2.75, 3.05) is 104 Å². The fourth-order valence-corrected chi connectivity index (χ4v) is 9.83. The van der Waals surface area contributed by atoms with Crippen molar-refractivity contribution in [3.05, 3.63) is 106 Å². The third-order valence-electron chi connectivity index (χ3n) is 13.6. The van der Waals surface area contributed by atoms with Crippen LogP contribution in [-0.4, -0.2) is 124 Å². The quantitative estimate of drug-likeness (QED) is 0.0498. The monoisotopic (exact) mass is 966 g/mol. The van der Waals surface area contributed by atoms with Crippen LogP contribution in [-0.2, 0) is 40.0 Å². The minimum atomic E-state index is -0.519. The number of ether oxygens (including phenoxy) is 9. The Kier molecular flexibility index (Phi) is 19.9. The number of halogens is 2. The van der Waals surface area contributed by atoms with E-state index in [4.69, 9.17) is 42.6 Å². The topological polar surface area (TPSA) is 117 Å². The van der Waals surface area contributed by atoms with Crippen LogP contribution in [0.25, 0.3) is 0 Å². The van der Waals surface area contributed by atoms with Crippen LogP contribution >= 0.6 is 0 Å². The number of benzene rings is 4. The highest BCUT2D eigenvalue weighted by molar-refractivity contribution is 5.95. The molecule has 0 saturated heterocycles. The molecule has 6 rings (SSSR count). The number of nitrogens with zero attached hydrogens (tertiary/aromatic N) is 2. The molecule has 0 aromatic heterocycles. The molecule has 4 atom stereocenters. The third kappa shape index (κ3) is 12.6. The van der Waals surface area contributed by atoms with E-state index in [2.05, 4.69) is 50.5 Å². The number of esters is 1. The van der Waals surface area contributed by atoms with Crippen molar-refractivity contribution in [1.29, 1.82) is 0 Å². The van der Waals surface area contributed by atoms with Gasteiger partial charge in [-0.25, -0.2) is 4.79 Å². The van der Waals surface area contributed by atoms with Crippen molar-refractivity contribution in [3.8, 4) is 46.0 Å². The van der Waals surface area contributed by atoms with E-state index in [9.17, 15) is 9.59 Å². The SMILES string of the molecule is COc1ccc(CC2c3cc(OC)c(OC)cc3CC[N+]2(C)CCCOC(=O)/C=C\C(=O)CCC[N+]2(C)CCc3cc(OC)c(OC)cc3C2Cc2ccc(OC)c(OC)c2)cc1OC.[Cl-].[Cl-]. The molecule has 4 aromatic rings. The second-order valence-corrected chi connectivity index (χ2v) is 17.4. The van der Waals surface area contributed by atoms with Gasteiger partial charge in [-0.05, 0) is 76.9 Å². The van der Waals surface area contributed by atoms with Crippen molar-refractivity contribution >= 4 is 11.8 Å². The summed E-state index contributed by atoms with van der Waals surface area (Å²) in [6.45, 7) is 3.57. The summed E-state index contributed by atoms with van der Waals surface area (Å²) in [4.78, 5) is 26.1. The summed E-state index contributed by atoms with van der Waals surface area (Å²) in [5.41, 5.74) is 7.11. The predicted octanol–water partition coefficient (Wildman–Crippen LogP) is 1.88. The molecule has 0 bridgehead atoms. The lowest BCUT2D eigenvalue weighted by atomic mass is 9.86. The Bertz CT molecular complexity index is 2340. The maximum Gasteiger partial charge on any atom is 0.330 e. The van der Waals surface area contributed by atoms with E-state index in [-0.39, 0.29) is 49.3 Å². The minimum absolute atomic E-state index is 0. The largest absolute Gasteiger partial charge is 1.00 e. The first-order chi connectivity index (χ1) is 31.4. The molecule has 67 heavy (non-hydrogen) atoms. The summed E-state index contributed by atoms with van der Waals surface area (Å²) in [6.07, 6.45) is 7.47. The number of methoxy groups -OCH3 is 8.